The van der Waals surface area contributed by atoms with Crippen LogP contribution in [-0.2, 0) is 15.3 Å². The maximum absolute atomic E-state index is 10.5. The van der Waals surface area contributed by atoms with E-state index in [0.29, 0.717) is 5.56 Å². The maximum atomic E-state index is 10.5. The minimum Gasteiger partial charge on any atom is -0.324 e. The van der Waals surface area contributed by atoms with Crippen molar-refractivity contribution < 1.29 is 28.7 Å². The molecule has 0 unspecified atom stereocenters. The molecule has 0 saturated carbocycles. The second-order valence-corrected chi connectivity index (χ2v) is 7.44. The second kappa shape index (κ2) is 7.66. The molecule has 0 aliphatic carbocycles. The minimum absolute atomic E-state index is 0.0648. The summed E-state index contributed by atoms with van der Waals surface area (Å²) >= 11 is 0. The van der Waals surface area contributed by atoms with Crippen LogP contribution < -0.4 is 5.30 Å². The molecule has 2 aromatic rings. The van der Waals surface area contributed by atoms with Gasteiger partial charge in [-0.1, -0.05) is 48.5 Å². The van der Waals surface area contributed by atoms with E-state index in [1.54, 1.807) is 42.5 Å². The average Bonchev–Trinajstić information content (AvgIpc) is 2.39. The minimum atomic E-state index is -4.02. The number of hydrogen-bond acceptors (Lipinski definition) is 2. The van der Waals surface area contributed by atoms with Gasteiger partial charge in [0.2, 0.25) is 0 Å². The van der Waals surface area contributed by atoms with E-state index in [4.69, 9.17) is 19.6 Å². The summed E-state index contributed by atoms with van der Waals surface area (Å²) in [4.78, 5) is 34.4. The van der Waals surface area contributed by atoms with E-state index in [1.165, 1.54) is 12.1 Å². The second-order valence-electron chi connectivity index (χ2n) is 4.19. The molecule has 0 heterocycles. The summed E-state index contributed by atoms with van der Waals surface area (Å²) in [6, 6.07) is 16.4. The zero-order valence-electron chi connectivity index (χ0n) is 11.0. The largest absolute Gasteiger partial charge is 0.356 e. The summed E-state index contributed by atoms with van der Waals surface area (Å²) in [6.45, 7) is 0. The van der Waals surface area contributed by atoms with Crippen LogP contribution in [0.15, 0.2) is 60.7 Å². The summed E-state index contributed by atoms with van der Waals surface area (Å²) in [5.41, 5.74) is 0.667. The fourth-order valence-electron chi connectivity index (χ4n) is 1.44. The Labute approximate surface area is 122 Å². The molecule has 21 heavy (non-hydrogen) atoms. The molecule has 4 N–H and O–H groups in total. The summed E-state index contributed by atoms with van der Waals surface area (Å²) in [7, 11) is -7.91. The molecule has 0 aliphatic rings. The molecule has 0 spiro atoms. The predicted octanol–water partition coefficient (Wildman–Crippen LogP) is 1.85. The summed E-state index contributed by atoms with van der Waals surface area (Å²) in [5.74, 6) is 0. The first-order chi connectivity index (χ1) is 9.68. The van der Waals surface area contributed by atoms with Crippen LogP contribution in [0.1, 0.15) is 5.56 Å². The highest BCUT2D eigenvalue weighted by atomic mass is 31.2. The lowest BCUT2D eigenvalue weighted by atomic mass is 10.2. The maximum Gasteiger partial charge on any atom is 0.356 e. The molecule has 114 valence electrons. The summed E-state index contributed by atoms with van der Waals surface area (Å²) in [6.07, 6.45) is -0.173. The molecule has 0 saturated heterocycles. The predicted molar refractivity (Wildman–Crippen MR) is 80.3 cm³/mol. The number of benzene rings is 2. The molecule has 0 aromatic heterocycles. The molecule has 0 aliphatic heterocycles. The third kappa shape index (κ3) is 7.93. The van der Waals surface area contributed by atoms with Crippen molar-refractivity contribution in [1.29, 1.82) is 0 Å². The van der Waals surface area contributed by atoms with Crippen LogP contribution in [0.25, 0.3) is 0 Å². The summed E-state index contributed by atoms with van der Waals surface area (Å²) < 4.78 is 21.0. The van der Waals surface area contributed by atoms with Gasteiger partial charge >= 0.3 is 15.2 Å². The van der Waals surface area contributed by atoms with Crippen molar-refractivity contribution in [3.8, 4) is 0 Å². The fraction of sp³-hybridized carbons (Fsp3) is 0.0769. The summed E-state index contributed by atoms with van der Waals surface area (Å²) in [5, 5.41) is 0.0648. The van der Waals surface area contributed by atoms with Crippen molar-refractivity contribution in [2.45, 2.75) is 6.16 Å². The van der Waals surface area contributed by atoms with Gasteiger partial charge < -0.3 is 19.6 Å². The quantitative estimate of drug-likeness (QED) is 0.639. The Bertz CT molecular complexity index is 632. The zero-order valence-corrected chi connectivity index (χ0v) is 12.8. The van der Waals surface area contributed by atoms with Crippen molar-refractivity contribution in [1.82, 2.24) is 0 Å². The van der Waals surface area contributed by atoms with E-state index in [0.717, 1.165) is 0 Å². The first-order valence-corrected chi connectivity index (χ1v) is 9.29. The van der Waals surface area contributed by atoms with Crippen LogP contribution in [0.4, 0.5) is 0 Å². The van der Waals surface area contributed by atoms with Gasteiger partial charge in [-0.2, -0.15) is 0 Å². The zero-order chi connectivity index (χ0) is 15.9. The molecule has 0 fully saturated rings. The highest BCUT2D eigenvalue weighted by Gasteiger charge is 2.14. The van der Waals surface area contributed by atoms with Crippen molar-refractivity contribution in [2.24, 2.45) is 0 Å². The monoisotopic (exact) mass is 330 g/mol. The molecule has 2 rings (SSSR count). The molecule has 6 nitrogen and oxygen atoms in total. The van der Waals surface area contributed by atoms with Crippen LogP contribution in [0.2, 0.25) is 0 Å². The van der Waals surface area contributed by atoms with E-state index < -0.39 is 15.2 Å². The van der Waals surface area contributed by atoms with E-state index in [9.17, 15) is 9.13 Å². The Balaban J connectivity index is 0.000000211. The Kier molecular flexibility index (Phi) is 6.49. The van der Waals surface area contributed by atoms with Gasteiger partial charge in [-0.15, -0.1) is 0 Å². The van der Waals surface area contributed by atoms with Gasteiger partial charge in [-0.05, 0) is 17.7 Å². The SMILES string of the molecule is O=P(O)(O)Cc1ccccc1.O=P(O)(O)c1ccccc1. The van der Waals surface area contributed by atoms with Crippen LogP contribution >= 0.6 is 15.2 Å². The van der Waals surface area contributed by atoms with Crippen molar-refractivity contribution >= 4 is 20.5 Å². The molecule has 2 aromatic carbocycles. The molecule has 8 heteroatoms. The van der Waals surface area contributed by atoms with Gasteiger partial charge in [0.1, 0.15) is 0 Å². The van der Waals surface area contributed by atoms with Crippen molar-refractivity contribution in [3.05, 3.63) is 66.2 Å². The standard InChI is InChI=1S/C7H9O3P.C6H7O3P/c8-11(9,10)6-7-4-2-1-3-5-7;7-10(8,9)6-4-2-1-3-5-6/h1-5H,6H2,(H2,8,9,10);1-5H,(H2,7,8,9). The Morgan fingerprint density at radius 2 is 1.14 bits per heavy atom. The van der Waals surface area contributed by atoms with Gasteiger partial charge in [0.05, 0.1) is 11.5 Å². The number of hydrogen-bond donors (Lipinski definition) is 4. The van der Waals surface area contributed by atoms with E-state index in [1.807, 2.05) is 6.07 Å². The number of rotatable bonds is 3. The molecular formula is C13H16O6P2. The lowest BCUT2D eigenvalue weighted by molar-refractivity contribution is 0.371. The molecular weight excluding hydrogens is 314 g/mol. The average molecular weight is 330 g/mol. The van der Waals surface area contributed by atoms with Gasteiger partial charge in [0.15, 0.2) is 0 Å². The highest BCUT2D eigenvalue weighted by molar-refractivity contribution is 7.60. The Hall–Kier alpha value is -1.26. The highest BCUT2D eigenvalue weighted by Crippen LogP contribution is 2.38. The van der Waals surface area contributed by atoms with E-state index in [-0.39, 0.29) is 11.5 Å². The third-order valence-corrected chi connectivity index (χ3v) is 4.07. The van der Waals surface area contributed by atoms with Crippen molar-refractivity contribution in [3.63, 3.8) is 0 Å². The fourth-order valence-corrected chi connectivity index (χ4v) is 2.69. The normalized spacial score (nSPS) is 11.4. The smallest absolute Gasteiger partial charge is 0.324 e. The van der Waals surface area contributed by atoms with Crippen LogP contribution in [-0.4, -0.2) is 19.6 Å². The first-order valence-electron chi connectivity index (χ1n) is 5.88. The molecule has 0 atom stereocenters. The third-order valence-electron chi connectivity index (χ3n) is 2.32. The van der Waals surface area contributed by atoms with E-state index >= 15 is 0 Å². The van der Waals surface area contributed by atoms with Crippen LogP contribution in [0.5, 0.6) is 0 Å². The lowest BCUT2D eigenvalue weighted by Gasteiger charge is -2.01. The van der Waals surface area contributed by atoms with Crippen molar-refractivity contribution in [2.75, 3.05) is 0 Å². The van der Waals surface area contributed by atoms with Crippen LogP contribution in [0.3, 0.4) is 0 Å². The Morgan fingerprint density at radius 3 is 1.48 bits per heavy atom. The van der Waals surface area contributed by atoms with E-state index in [2.05, 4.69) is 0 Å². The molecule has 0 radical (unpaired) electrons. The topological polar surface area (TPSA) is 115 Å². The Morgan fingerprint density at radius 1 is 0.714 bits per heavy atom. The van der Waals surface area contributed by atoms with Gasteiger partial charge in [-0.25, -0.2) is 0 Å². The van der Waals surface area contributed by atoms with Gasteiger partial charge in [0.25, 0.3) is 0 Å². The molecule has 0 amide bonds. The van der Waals surface area contributed by atoms with Crippen LogP contribution in [0, 0.1) is 0 Å². The molecule has 0 bridgehead atoms. The first kappa shape index (κ1) is 17.8. The van der Waals surface area contributed by atoms with Gasteiger partial charge in [0, 0.05) is 0 Å². The van der Waals surface area contributed by atoms with Gasteiger partial charge in [-0.3, -0.25) is 9.13 Å². The lowest BCUT2D eigenvalue weighted by Crippen LogP contribution is -2.01.